The van der Waals surface area contributed by atoms with Crippen molar-refractivity contribution in [2.45, 2.75) is 63.5 Å². The van der Waals surface area contributed by atoms with Gasteiger partial charge in [-0.05, 0) is 45.7 Å². The van der Waals surface area contributed by atoms with E-state index in [-0.39, 0.29) is 0 Å². The minimum atomic E-state index is 0.680. The van der Waals surface area contributed by atoms with Crippen LogP contribution in [-0.2, 0) is 0 Å². The molecule has 0 amide bonds. The van der Waals surface area contributed by atoms with Crippen molar-refractivity contribution in [1.82, 2.24) is 10.2 Å². The highest BCUT2D eigenvalue weighted by Crippen LogP contribution is 2.17. The van der Waals surface area contributed by atoms with Crippen molar-refractivity contribution >= 4 is 0 Å². The predicted molar refractivity (Wildman–Crippen MR) is 74.3 cm³/mol. The topological polar surface area (TPSA) is 15.3 Å². The maximum Gasteiger partial charge on any atom is 0.0275 e. The highest BCUT2D eigenvalue weighted by Gasteiger charge is 2.18. The molecule has 1 aliphatic carbocycles. The molecular formula is C15H28N2. The van der Waals surface area contributed by atoms with E-state index in [1.807, 2.05) is 0 Å². The molecule has 2 nitrogen and oxygen atoms in total. The monoisotopic (exact) mass is 236 g/mol. The van der Waals surface area contributed by atoms with Crippen LogP contribution in [0, 0.1) is 0 Å². The lowest BCUT2D eigenvalue weighted by atomic mass is 9.99. The van der Waals surface area contributed by atoms with Crippen molar-refractivity contribution in [2.75, 3.05) is 20.1 Å². The number of hydrogen-bond donors (Lipinski definition) is 1. The van der Waals surface area contributed by atoms with Crippen molar-refractivity contribution in [3.63, 3.8) is 0 Å². The van der Waals surface area contributed by atoms with E-state index in [9.17, 15) is 0 Å². The first-order valence-corrected chi connectivity index (χ1v) is 7.46. The van der Waals surface area contributed by atoms with Crippen LogP contribution in [0.4, 0.5) is 0 Å². The molecule has 2 aliphatic rings. The summed E-state index contributed by atoms with van der Waals surface area (Å²) in [6, 6.07) is 1.41. The molecule has 17 heavy (non-hydrogen) atoms. The molecule has 1 saturated heterocycles. The van der Waals surface area contributed by atoms with E-state index >= 15 is 0 Å². The van der Waals surface area contributed by atoms with Crippen LogP contribution >= 0.6 is 0 Å². The molecule has 0 spiro atoms. The Morgan fingerprint density at radius 2 is 2.00 bits per heavy atom. The van der Waals surface area contributed by atoms with E-state index in [4.69, 9.17) is 0 Å². The molecule has 2 heteroatoms. The Morgan fingerprint density at radius 1 is 1.12 bits per heavy atom. The van der Waals surface area contributed by atoms with Gasteiger partial charge in [-0.3, -0.25) is 4.90 Å². The molecule has 98 valence electrons. The average molecular weight is 236 g/mol. The zero-order valence-electron chi connectivity index (χ0n) is 11.3. The molecule has 2 rings (SSSR count). The van der Waals surface area contributed by atoms with E-state index < -0.39 is 0 Å². The number of nitrogens with zero attached hydrogens (tertiary/aromatic N) is 1. The van der Waals surface area contributed by atoms with Gasteiger partial charge in [0, 0.05) is 18.6 Å². The van der Waals surface area contributed by atoms with Gasteiger partial charge in [0.2, 0.25) is 0 Å². The third-order valence-electron chi connectivity index (χ3n) is 4.22. The SMILES string of the molecule is CN(CC1CCCCN1)C1/C=C/CCCCC1. The Morgan fingerprint density at radius 3 is 2.82 bits per heavy atom. The van der Waals surface area contributed by atoms with Gasteiger partial charge in [0.1, 0.15) is 0 Å². The summed E-state index contributed by atoms with van der Waals surface area (Å²) in [5, 5.41) is 3.65. The van der Waals surface area contributed by atoms with E-state index in [1.54, 1.807) is 0 Å². The summed E-state index contributed by atoms with van der Waals surface area (Å²) >= 11 is 0. The molecule has 0 radical (unpaired) electrons. The van der Waals surface area contributed by atoms with Gasteiger partial charge >= 0.3 is 0 Å². The largest absolute Gasteiger partial charge is 0.313 e. The second kappa shape index (κ2) is 7.17. The maximum absolute atomic E-state index is 3.65. The Kier molecular flexibility index (Phi) is 5.53. The Balaban J connectivity index is 1.79. The second-order valence-corrected chi connectivity index (χ2v) is 5.72. The van der Waals surface area contributed by atoms with Gasteiger partial charge in [-0.15, -0.1) is 0 Å². The predicted octanol–water partition coefficient (Wildman–Crippen LogP) is 2.95. The van der Waals surface area contributed by atoms with E-state index in [1.165, 1.54) is 64.5 Å². The fourth-order valence-electron chi connectivity index (χ4n) is 3.07. The van der Waals surface area contributed by atoms with Crippen LogP contribution in [0.25, 0.3) is 0 Å². The third kappa shape index (κ3) is 4.44. The van der Waals surface area contributed by atoms with Gasteiger partial charge in [0.15, 0.2) is 0 Å². The smallest absolute Gasteiger partial charge is 0.0275 e. The normalized spacial score (nSPS) is 33.1. The van der Waals surface area contributed by atoms with Crippen LogP contribution < -0.4 is 5.32 Å². The Labute approximate surface area is 106 Å². The zero-order valence-corrected chi connectivity index (χ0v) is 11.3. The molecule has 0 saturated carbocycles. The summed E-state index contributed by atoms with van der Waals surface area (Å²) in [5.41, 5.74) is 0. The number of allylic oxidation sites excluding steroid dienone is 1. The summed E-state index contributed by atoms with van der Waals surface area (Å²) in [7, 11) is 2.30. The van der Waals surface area contributed by atoms with E-state index in [0.717, 1.165) is 6.04 Å². The quantitative estimate of drug-likeness (QED) is 0.758. The summed E-state index contributed by atoms with van der Waals surface area (Å²) in [5.74, 6) is 0. The molecule has 2 unspecified atom stereocenters. The van der Waals surface area contributed by atoms with Crippen LogP contribution in [0.2, 0.25) is 0 Å². The number of likely N-dealkylation sites (N-methyl/N-ethyl adjacent to an activating group) is 1. The minimum Gasteiger partial charge on any atom is -0.313 e. The van der Waals surface area contributed by atoms with Crippen molar-refractivity contribution in [3.8, 4) is 0 Å². The summed E-state index contributed by atoms with van der Waals surface area (Å²) in [6.07, 6.45) is 15.8. The lowest BCUT2D eigenvalue weighted by molar-refractivity contribution is 0.218. The van der Waals surface area contributed by atoms with Crippen molar-refractivity contribution in [2.24, 2.45) is 0 Å². The second-order valence-electron chi connectivity index (χ2n) is 5.72. The van der Waals surface area contributed by atoms with Crippen LogP contribution in [-0.4, -0.2) is 37.1 Å². The standard InChI is InChI=1S/C15H28N2/c1-17(13-14-9-7-8-12-16-14)15-10-5-3-2-4-6-11-15/h5,10,14-16H,2-4,6-9,11-13H2,1H3/b10-5+. The molecule has 1 heterocycles. The van der Waals surface area contributed by atoms with Crippen molar-refractivity contribution < 1.29 is 0 Å². The van der Waals surface area contributed by atoms with Crippen LogP contribution in [0.3, 0.4) is 0 Å². The van der Waals surface area contributed by atoms with E-state index in [0.29, 0.717) is 6.04 Å². The van der Waals surface area contributed by atoms with Gasteiger partial charge in [-0.2, -0.15) is 0 Å². The fraction of sp³-hybridized carbons (Fsp3) is 0.867. The van der Waals surface area contributed by atoms with Gasteiger partial charge in [0.25, 0.3) is 0 Å². The summed E-state index contributed by atoms with van der Waals surface area (Å²) in [4.78, 5) is 2.56. The summed E-state index contributed by atoms with van der Waals surface area (Å²) in [6.45, 7) is 2.44. The first-order chi connectivity index (χ1) is 8.36. The van der Waals surface area contributed by atoms with Gasteiger partial charge in [0.05, 0.1) is 0 Å². The first-order valence-electron chi connectivity index (χ1n) is 7.46. The Bertz CT molecular complexity index is 231. The molecule has 0 bridgehead atoms. The lowest BCUT2D eigenvalue weighted by Crippen LogP contribution is -2.45. The van der Waals surface area contributed by atoms with Crippen molar-refractivity contribution in [1.29, 1.82) is 0 Å². The van der Waals surface area contributed by atoms with Crippen LogP contribution in [0.1, 0.15) is 51.4 Å². The molecule has 0 aromatic carbocycles. The van der Waals surface area contributed by atoms with Gasteiger partial charge in [-0.25, -0.2) is 0 Å². The number of nitrogens with one attached hydrogen (secondary N) is 1. The first kappa shape index (κ1) is 13.1. The lowest BCUT2D eigenvalue weighted by Gasteiger charge is -2.32. The van der Waals surface area contributed by atoms with E-state index in [2.05, 4.69) is 29.4 Å². The number of piperidine rings is 1. The highest BCUT2D eigenvalue weighted by atomic mass is 15.2. The molecular weight excluding hydrogens is 208 g/mol. The third-order valence-corrected chi connectivity index (χ3v) is 4.22. The molecule has 1 aliphatic heterocycles. The number of hydrogen-bond acceptors (Lipinski definition) is 2. The maximum atomic E-state index is 3.65. The summed E-state index contributed by atoms with van der Waals surface area (Å²) < 4.78 is 0. The average Bonchev–Trinajstić information content (AvgIpc) is 2.29. The molecule has 2 atom stereocenters. The van der Waals surface area contributed by atoms with Crippen LogP contribution in [0.15, 0.2) is 12.2 Å². The zero-order chi connectivity index (χ0) is 11.9. The minimum absolute atomic E-state index is 0.680. The fourth-order valence-corrected chi connectivity index (χ4v) is 3.07. The van der Waals surface area contributed by atoms with Crippen LogP contribution in [0.5, 0.6) is 0 Å². The Hall–Kier alpha value is -0.340. The molecule has 1 fully saturated rings. The highest BCUT2D eigenvalue weighted by molar-refractivity contribution is 4.96. The van der Waals surface area contributed by atoms with Gasteiger partial charge < -0.3 is 5.32 Å². The molecule has 0 aromatic heterocycles. The van der Waals surface area contributed by atoms with Gasteiger partial charge in [-0.1, -0.05) is 31.4 Å². The molecule has 1 N–H and O–H groups in total. The molecule has 0 aromatic rings. The number of rotatable bonds is 3. The van der Waals surface area contributed by atoms with Crippen molar-refractivity contribution in [3.05, 3.63) is 12.2 Å².